The van der Waals surface area contributed by atoms with Crippen LogP contribution >= 0.6 is 0 Å². The van der Waals surface area contributed by atoms with E-state index in [4.69, 9.17) is 0 Å². The van der Waals surface area contributed by atoms with E-state index >= 15 is 0 Å². The molecule has 0 spiro atoms. The molecule has 0 N–H and O–H groups in total. The summed E-state index contributed by atoms with van der Waals surface area (Å²) >= 11 is 0. The van der Waals surface area contributed by atoms with E-state index in [1.54, 1.807) is 19.9 Å². The normalized spacial score (nSPS) is 14.3. The minimum Gasteiger partial charge on any atom is -0.309 e. The average Bonchev–Trinajstić information content (AvgIpc) is 3.12. The van der Waals surface area contributed by atoms with Crippen molar-refractivity contribution in [2.45, 2.75) is 45.7 Å². The van der Waals surface area contributed by atoms with Crippen LogP contribution in [0, 0.1) is 19.7 Å². The highest BCUT2D eigenvalue weighted by Gasteiger charge is 2.37. The van der Waals surface area contributed by atoms with Gasteiger partial charge in [-0.1, -0.05) is 12.1 Å². The Morgan fingerprint density at radius 1 is 1.20 bits per heavy atom. The number of halogens is 4. The minimum absolute atomic E-state index is 0.0729. The number of nitrogens with zero attached hydrogens (tertiary/aromatic N) is 5. The highest BCUT2D eigenvalue weighted by molar-refractivity contribution is 5.94. The van der Waals surface area contributed by atoms with Crippen LogP contribution in [0.4, 0.5) is 23.2 Å². The van der Waals surface area contributed by atoms with E-state index < -0.39 is 17.8 Å². The Bertz CT molecular complexity index is 1140. The van der Waals surface area contributed by atoms with E-state index in [9.17, 15) is 22.4 Å². The molecule has 6 nitrogen and oxygen atoms in total. The molecule has 10 heteroatoms. The molecule has 0 saturated carbocycles. The number of amides is 1. The van der Waals surface area contributed by atoms with Gasteiger partial charge in [0, 0.05) is 24.4 Å². The van der Waals surface area contributed by atoms with Crippen molar-refractivity contribution < 1.29 is 22.4 Å². The van der Waals surface area contributed by atoms with E-state index in [0.717, 1.165) is 16.5 Å². The van der Waals surface area contributed by atoms with Gasteiger partial charge in [-0.3, -0.25) is 4.79 Å². The van der Waals surface area contributed by atoms with Crippen LogP contribution in [0.1, 0.15) is 41.2 Å². The lowest BCUT2D eigenvalue weighted by Gasteiger charge is -2.30. The monoisotopic (exact) mass is 421 g/mol. The Morgan fingerprint density at radius 2 is 1.97 bits per heavy atom. The lowest BCUT2D eigenvalue weighted by molar-refractivity contribution is -0.144. The first kappa shape index (κ1) is 20.2. The van der Waals surface area contributed by atoms with Crippen molar-refractivity contribution in [3.63, 3.8) is 0 Å². The Kier molecular flexibility index (Phi) is 4.95. The summed E-state index contributed by atoms with van der Waals surface area (Å²) in [7, 11) is 0. The number of carbonyl (C=O) groups excluding carboxylic acids is 1. The van der Waals surface area contributed by atoms with Gasteiger partial charge in [-0.05, 0) is 50.3 Å². The van der Waals surface area contributed by atoms with E-state index in [1.165, 1.54) is 11.0 Å². The number of hydrogen-bond donors (Lipinski definition) is 0. The maximum absolute atomic E-state index is 14.3. The number of benzene rings is 1. The summed E-state index contributed by atoms with van der Waals surface area (Å²) in [5, 5.41) is 3.52. The highest BCUT2D eigenvalue weighted by Crippen LogP contribution is 2.31. The number of rotatable bonds is 3. The first-order valence-corrected chi connectivity index (χ1v) is 9.54. The smallest absolute Gasteiger partial charge is 0.309 e. The fourth-order valence-electron chi connectivity index (χ4n) is 3.91. The molecule has 30 heavy (non-hydrogen) atoms. The van der Waals surface area contributed by atoms with Gasteiger partial charge in [0.15, 0.2) is 0 Å². The van der Waals surface area contributed by atoms with Gasteiger partial charge in [0.1, 0.15) is 5.82 Å². The first-order valence-electron chi connectivity index (χ1n) is 9.54. The van der Waals surface area contributed by atoms with Gasteiger partial charge in [-0.25, -0.2) is 13.9 Å². The summed E-state index contributed by atoms with van der Waals surface area (Å²) in [4.78, 5) is 21.9. The molecule has 1 amide bonds. The first-order chi connectivity index (χ1) is 14.2. The van der Waals surface area contributed by atoms with Crippen LogP contribution in [0.3, 0.4) is 0 Å². The SMILES string of the molecule is Cc1nc2nc(C(F)(F)F)nn2c(C)c1CCC(=O)N1CCCc2cccc(F)c21. The van der Waals surface area contributed by atoms with Crippen LogP contribution in [-0.4, -0.2) is 32.0 Å². The summed E-state index contributed by atoms with van der Waals surface area (Å²) in [5.41, 5.74) is 2.67. The molecule has 0 saturated heterocycles. The third-order valence-corrected chi connectivity index (χ3v) is 5.36. The number of aromatic nitrogens is 4. The van der Waals surface area contributed by atoms with E-state index in [-0.39, 0.29) is 24.5 Å². The summed E-state index contributed by atoms with van der Waals surface area (Å²) in [6, 6.07) is 4.77. The fourth-order valence-corrected chi connectivity index (χ4v) is 3.91. The number of hydrogen-bond acceptors (Lipinski definition) is 4. The Labute approximate surface area is 169 Å². The number of fused-ring (bicyclic) bond motifs is 2. The molecule has 1 aromatic carbocycles. The molecule has 0 bridgehead atoms. The number of aryl methyl sites for hydroxylation is 3. The lowest BCUT2D eigenvalue weighted by atomic mass is 10.00. The molecule has 0 unspecified atom stereocenters. The maximum atomic E-state index is 14.3. The third kappa shape index (κ3) is 3.50. The molecule has 0 aliphatic carbocycles. The topological polar surface area (TPSA) is 63.4 Å². The van der Waals surface area contributed by atoms with E-state index in [2.05, 4.69) is 15.1 Å². The Balaban J connectivity index is 1.59. The minimum atomic E-state index is -4.67. The molecule has 1 aliphatic heterocycles. The van der Waals surface area contributed by atoms with Crippen LogP contribution in [0.5, 0.6) is 0 Å². The van der Waals surface area contributed by atoms with Crippen molar-refractivity contribution in [1.29, 1.82) is 0 Å². The quantitative estimate of drug-likeness (QED) is 0.604. The van der Waals surface area contributed by atoms with Gasteiger partial charge < -0.3 is 4.90 Å². The van der Waals surface area contributed by atoms with Crippen LogP contribution < -0.4 is 4.90 Å². The van der Waals surface area contributed by atoms with Crippen LogP contribution in [0.15, 0.2) is 18.2 Å². The van der Waals surface area contributed by atoms with Gasteiger partial charge in [-0.2, -0.15) is 18.2 Å². The second kappa shape index (κ2) is 7.33. The molecule has 2 aromatic heterocycles. The van der Waals surface area contributed by atoms with E-state index in [0.29, 0.717) is 35.6 Å². The molecular formula is C20H19F4N5O. The van der Waals surface area contributed by atoms with Crippen molar-refractivity contribution in [2.24, 2.45) is 0 Å². The number of alkyl halides is 3. The summed E-state index contributed by atoms with van der Waals surface area (Å²) in [6.07, 6.45) is -2.89. The van der Waals surface area contributed by atoms with Crippen LogP contribution in [0.25, 0.3) is 5.78 Å². The zero-order valence-electron chi connectivity index (χ0n) is 16.4. The van der Waals surface area contributed by atoms with E-state index in [1.807, 2.05) is 6.07 Å². The molecule has 1 aliphatic rings. The van der Waals surface area contributed by atoms with Crippen molar-refractivity contribution in [2.75, 3.05) is 11.4 Å². The van der Waals surface area contributed by atoms with Crippen molar-refractivity contribution in [3.8, 4) is 0 Å². The summed E-state index contributed by atoms with van der Waals surface area (Å²) in [5.74, 6) is -2.07. The number of carbonyl (C=O) groups is 1. The fraction of sp³-hybridized carbons (Fsp3) is 0.400. The number of anilines is 1. The summed E-state index contributed by atoms with van der Waals surface area (Å²) < 4.78 is 54.2. The van der Waals surface area contributed by atoms with Gasteiger partial charge in [0.05, 0.1) is 5.69 Å². The number of para-hydroxylation sites is 1. The standard InChI is InChI=1S/C20H19F4N5O/c1-11-14(12(2)29-19(25-11)26-18(27-29)20(22,23)24)8-9-16(30)28-10-4-6-13-5-3-7-15(21)17(13)28/h3,5,7H,4,6,8-10H2,1-2H3. The Hall–Kier alpha value is -3.04. The maximum Gasteiger partial charge on any atom is 0.453 e. The Morgan fingerprint density at radius 3 is 2.70 bits per heavy atom. The lowest BCUT2D eigenvalue weighted by Crippen LogP contribution is -2.36. The van der Waals surface area contributed by atoms with Gasteiger partial charge in [0.25, 0.3) is 11.6 Å². The zero-order chi connectivity index (χ0) is 21.6. The molecule has 0 fully saturated rings. The molecule has 3 aromatic rings. The van der Waals surface area contributed by atoms with Crippen molar-refractivity contribution in [1.82, 2.24) is 19.6 Å². The van der Waals surface area contributed by atoms with Crippen molar-refractivity contribution >= 4 is 17.4 Å². The molecule has 0 radical (unpaired) electrons. The predicted octanol–water partition coefficient (Wildman–Crippen LogP) is 3.81. The predicted molar refractivity (Wildman–Crippen MR) is 101 cm³/mol. The van der Waals surface area contributed by atoms with Gasteiger partial charge in [-0.15, -0.1) is 5.10 Å². The second-order valence-electron chi connectivity index (χ2n) is 7.30. The second-order valence-corrected chi connectivity index (χ2v) is 7.30. The average molecular weight is 421 g/mol. The molecule has 4 rings (SSSR count). The molecule has 3 heterocycles. The van der Waals surface area contributed by atoms with Gasteiger partial charge in [0.2, 0.25) is 5.91 Å². The van der Waals surface area contributed by atoms with Gasteiger partial charge >= 0.3 is 6.18 Å². The zero-order valence-corrected chi connectivity index (χ0v) is 16.4. The third-order valence-electron chi connectivity index (χ3n) is 5.36. The van der Waals surface area contributed by atoms with Crippen molar-refractivity contribution in [3.05, 3.63) is 52.4 Å². The summed E-state index contributed by atoms with van der Waals surface area (Å²) in [6.45, 7) is 3.71. The molecule has 0 atom stereocenters. The largest absolute Gasteiger partial charge is 0.453 e. The van der Waals surface area contributed by atoms with Crippen LogP contribution in [0.2, 0.25) is 0 Å². The highest BCUT2D eigenvalue weighted by atomic mass is 19.4. The molecular weight excluding hydrogens is 402 g/mol. The molecule has 158 valence electrons. The van der Waals surface area contributed by atoms with Crippen LogP contribution in [-0.2, 0) is 23.8 Å².